The molecule has 2 rings (SSSR count). The molecule has 21 heavy (non-hydrogen) atoms. The van der Waals surface area contributed by atoms with Crippen molar-refractivity contribution in [1.29, 1.82) is 0 Å². The van der Waals surface area contributed by atoms with Crippen molar-refractivity contribution in [2.45, 2.75) is 45.4 Å². The molecule has 118 valence electrons. The van der Waals surface area contributed by atoms with Crippen LogP contribution in [0.15, 0.2) is 30.3 Å². The second kappa shape index (κ2) is 9.97. The predicted octanol–water partition coefficient (Wildman–Crippen LogP) is 4.15. The van der Waals surface area contributed by atoms with Crippen molar-refractivity contribution in [3.05, 3.63) is 35.9 Å². The highest BCUT2D eigenvalue weighted by Crippen LogP contribution is 2.19. The molecule has 1 atom stereocenters. The predicted molar refractivity (Wildman–Crippen MR) is 89.7 cm³/mol. The first kappa shape index (κ1) is 16.5. The molecule has 1 aliphatic heterocycles. The minimum Gasteiger partial charge on any atom is -0.379 e. The summed E-state index contributed by atoms with van der Waals surface area (Å²) < 4.78 is 5.46. The number of unbranched alkanes of at least 4 members (excludes halogenated alkanes) is 1. The maximum atomic E-state index is 5.46. The normalized spacial score (nSPS) is 17.8. The standard InChI is InChI=1S/C19H31NO/c1-2-3-8-19(17-20-13-15-21-16-14-20)12-7-11-18-9-5-4-6-10-18/h4-6,9-10,19H,2-3,7-8,11-17H2,1H3. The van der Waals surface area contributed by atoms with Crippen LogP contribution in [0.5, 0.6) is 0 Å². The molecule has 0 bridgehead atoms. The van der Waals surface area contributed by atoms with Crippen molar-refractivity contribution in [3.8, 4) is 0 Å². The Balaban J connectivity index is 1.72. The van der Waals surface area contributed by atoms with Crippen LogP contribution in [0.1, 0.15) is 44.6 Å². The van der Waals surface area contributed by atoms with Crippen molar-refractivity contribution in [2.24, 2.45) is 5.92 Å². The third kappa shape index (κ3) is 6.62. The summed E-state index contributed by atoms with van der Waals surface area (Å²) in [7, 11) is 0. The zero-order valence-electron chi connectivity index (χ0n) is 13.6. The number of rotatable bonds is 9. The van der Waals surface area contributed by atoms with Gasteiger partial charge in [-0.1, -0.05) is 50.1 Å². The molecule has 1 saturated heterocycles. The summed E-state index contributed by atoms with van der Waals surface area (Å²) in [6, 6.07) is 10.9. The van der Waals surface area contributed by atoms with Crippen LogP contribution in [0.3, 0.4) is 0 Å². The van der Waals surface area contributed by atoms with Crippen molar-refractivity contribution in [3.63, 3.8) is 0 Å². The minimum absolute atomic E-state index is 0.867. The van der Waals surface area contributed by atoms with Gasteiger partial charge in [0, 0.05) is 19.6 Å². The average molecular weight is 289 g/mol. The van der Waals surface area contributed by atoms with Gasteiger partial charge in [-0.05, 0) is 37.2 Å². The summed E-state index contributed by atoms with van der Waals surface area (Å²) in [5.74, 6) is 0.867. The Kier molecular flexibility index (Phi) is 7.83. The van der Waals surface area contributed by atoms with Gasteiger partial charge >= 0.3 is 0 Å². The van der Waals surface area contributed by atoms with E-state index in [0.717, 1.165) is 32.2 Å². The van der Waals surface area contributed by atoms with Crippen LogP contribution in [0.2, 0.25) is 0 Å². The van der Waals surface area contributed by atoms with Crippen molar-refractivity contribution in [1.82, 2.24) is 4.90 Å². The molecule has 0 aromatic heterocycles. The number of morpholine rings is 1. The third-order valence-corrected chi connectivity index (χ3v) is 4.51. The second-order valence-electron chi connectivity index (χ2n) is 6.30. The maximum absolute atomic E-state index is 5.46. The summed E-state index contributed by atoms with van der Waals surface area (Å²) in [6.07, 6.45) is 8.00. The molecule has 0 aliphatic carbocycles. The van der Waals surface area contributed by atoms with Crippen molar-refractivity contribution >= 4 is 0 Å². The third-order valence-electron chi connectivity index (χ3n) is 4.51. The molecule has 0 amide bonds. The van der Waals surface area contributed by atoms with Crippen LogP contribution in [0.25, 0.3) is 0 Å². The minimum atomic E-state index is 0.867. The van der Waals surface area contributed by atoms with E-state index < -0.39 is 0 Å². The van der Waals surface area contributed by atoms with E-state index in [1.165, 1.54) is 50.6 Å². The van der Waals surface area contributed by atoms with Gasteiger partial charge in [0.2, 0.25) is 0 Å². The van der Waals surface area contributed by atoms with Crippen LogP contribution >= 0.6 is 0 Å². The van der Waals surface area contributed by atoms with Gasteiger partial charge in [0.15, 0.2) is 0 Å². The highest BCUT2D eigenvalue weighted by molar-refractivity contribution is 5.14. The van der Waals surface area contributed by atoms with Gasteiger partial charge in [0.05, 0.1) is 13.2 Å². The van der Waals surface area contributed by atoms with Crippen LogP contribution in [0, 0.1) is 5.92 Å². The fraction of sp³-hybridized carbons (Fsp3) is 0.684. The molecule has 1 unspecified atom stereocenters. The molecule has 1 aromatic rings. The first-order valence-corrected chi connectivity index (χ1v) is 8.72. The van der Waals surface area contributed by atoms with Gasteiger partial charge in [-0.25, -0.2) is 0 Å². The van der Waals surface area contributed by atoms with Gasteiger partial charge in [-0.15, -0.1) is 0 Å². The topological polar surface area (TPSA) is 12.5 Å². The van der Waals surface area contributed by atoms with Gasteiger partial charge in [-0.2, -0.15) is 0 Å². The fourth-order valence-electron chi connectivity index (χ4n) is 3.21. The maximum Gasteiger partial charge on any atom is 0.0594 e. The number of aryl methyl sites for hydroxylation is 1. The lowest BCUT2D eigenvalue weighted by Crippen LogP contribution is -2.39. The molecule has 2 heteroatoms. The van der Waals surface area contributed by atoms with Gasteiger partial charge in [-0.3, -0.25) is 4.90 Å². The van der Waals surface area contributed by atoms with E-state index in [9.17, 15) is 0 Å². The average Bonchev–Trinajstić information content (AvgIpc) is 2.54. The molecule has 0 spiro atoms. The quantitative estimate of drug-likeness (QED) is 0.677. The molecule has 0 saturated carbocycles. The van der Waals surface area contributed by atoms with Gasteiger partial charge in [0.25, 0.3) is 0 Å². The van der Waals surface area contributed by atoms with Crippen molar-refractivity contribution in [2.75, 3.05) is 32.8 Å². The highest BCUT2D eigenvalue weighted by Gasteiger charge is 2.16. The number of hydrogen-bond acceptors (Lipinski definition) is 2. The lowest BCUT2D eigenvalue weighted by atomic mass is 9.94. The van der Waals surface area contributed by atoms with E-state index in [2.05, 4.69) is 42.2 Å². The second-order valence-corrected chi connectivity index (χ2v) is 6.30. The molecule has 0 N–H and O–H groups in total. The summed E-state index contributed by atoms with van der Waals surface area (Å²) in [4.78, 5) is 2.60. The molecular formula is C19H31NO. The Morgan fingerprint density at radius 3 is 2.48 bits per heavy atom. The zero-order chi connectivity index (χ0) is 14.8. The molecule has 1 heterocycles. The molecule has 1 fully saturated rings. The molecule has 2 nitrogen and oxygen atoms in total. The number of hydrogen-bond donors (Lipinski definition) is 0. The van der Waals surface area contributed by atoms with Crippen LogP contribution in [-0.4, -0.2) is 37.7 Å². The Morgan fingerprint density at radius 1 is 1.05 bits per heavy atom. The smallest absolute Gasteiger partial charge is 0.0594 e. The summed E-state index contributed by atoms with van der Waals surface area (Å²) in [5.41, 5.74) is 1.48. The Labute approximate surface area is 130 Å². The molecule has 1 aliphatic rings. The fourth-order valence-corrected chi connectivity index (χ4v) is 3.21. The Morgan fingerprint density at radius 2 is 1.76 bits per heavy atom. The van der Waals surface area contributed by atoms with Crippen LogP contribution in [0.4, 0.5) is 0 Å². The lowest BCUT2D eigenvalue weighted by molar-refractivity contribution is 0.0291. The van der Waals surface area contributed by atoms with Crippen LogP contribution < -0.4 is 0 Å². The number of ether oxygens (including phenoxy) is 1. The van der Waals surface area contributed by atoms with E-state index >= 15 is 0 Å². The summed E-state index contributed by atoms with van der Waals surface area (Å²) in [5, 5.41) is 0. The van der Waals surface area contributed by atoms with E-state index in [-0.39, 0.29) is 0 Å². The first-order valence-electron chi connectivity index (χ1n) is 8.72. The highest BCUT2D eigenvalue weighted by atomic mass is 16.5. The SMILES string of the molecule is CCCCC(CCCc1ccccc1)CN1CCOCC1. The largest absolute Gasteiger partial charge is 0.379 e. The van der Waals surface area contributed by atoms with E-state index in [4.69, 9.17) is 4.74 Å². The van der Waals surface area contributed by atoms with E-state index in [0.29, 0.717) is 0 Å². The van der Waals surface area contributed by atoms with Gasteiger partial charge < -0.3 is 4.74 Å². The van der Waals surface area contributed by atoms with Crippen LogP contribution in [-0.2, 0) is 11.2 Å². The first-order chi connectivity index (χ1) is 10.4. The van der Waals surface area contributed by atoms with Gasteiger partial charge in [0.1, 0.15) is 0 Å². The Bertz CT molecular complexity index is 359. The van der Waals surface area contributed by atoms with Crippen molar-refractivity contribution < 1.29 is 4.74 Å². The van der Waals surface area contributed by atoms with E-state index in [1.54, 1.807) is 0 Å². The summed E-state index contributed by atoms with van der Waals surface area (Å²) >= 11 is 0. The molecule has 1 aromatic carbocycles. The van der Waals surface area contributed by atoms with E-state index in [1.807, 2.05) is 0 Å². The number of benzene rings is 1. The summed E-state index contributed by atoms with van der Waals surface area (Å²) in [6.45, 7) is 7.67. The lowest BCUT2D eigenvalue weighted by Gasteiger charge is -2.30. The molecule has 0 radical (unpaired) electrons. The Hall–Kier alpha value is -0.860. The molecular weight excluding hydrogens is 258 g/mol. The number of nitrogens with zero attached hydrogens (tertiary/aromatic N) is 1. The monoisotopic (exact) mass is 289 g/mol. The zero-order valence-corrected chi connectivity index (χ0v) is 13.6.